The van der Waals surface area contributed by atoms with Gasteiger partial charge >= 0.3 is 0 Å². The van der Waals surface area contributed by atoms with Gasteiger partial charge in [0.2, 0.25) is 5.88 Å². The number of anilines is 1. The van der Waals surface area contributed by atoms with Gasteiger partial charge in [0.15, 0.2) is 11.6 Å². The number of rotatable bonds is 2. The lowest BCUT2D eigenvalue weighted by Gasteiger charge is -2.08. The molecule has 1 aromatic heterocycles. The molecule has 0 spiro atoms. The molecule has 2 rings (SSSR count). The number of nitrogen functional groups attached to an aromatic ring is 1. The first-order valence-corrected chi connectivity index (χ1v) is 4.79. The maximum atomic E-state index is 13.3. The van der Waals surface area contributed by atoms with E-state index in [-0.39, 0.29) is 22.9 Å². The lowest BCUT2D eigenvalue weighted by Crippen LogP contribution is -1.98. The highest BCUT2D eigenvalue weighted by Crippen LogP contribution is 2.28. The molecule has 0 atom stereocenters. The van der Waals surface area contributed by atoms with Crippen molar-refractivity contribution in [3.8, 4) is 17.7 Å². The van der Waals surface area contributed by atoms with Gasteiger partial charge in [-0.3, -0.25) is 0 Å². The number of nitrogens with zero attached hydrogens (tertiary/aromatic N) is 2. The number of hydrogen-bond donors (Lipinski definition) is 1. The molecule has 0 saturated carbocycles. The van der Waals surface area contributed by atoms with Crippen LogP contribution >= 0.6 is 0 Å². The molecule has 0 unspecified atom stereocenters. The van der Waals surface area contributed by atoms with E-state index >= 15 is 0 Å². The van der Waals surface area contributed by atoms with Crippen LogP contribution in [0.4, 0.5) is 10.1 Å². The van der Waals surface area contributed by atoms with Crippen molar-refractivity contribution in [2.24, 2.45) is 0 Å². The normalized spacial score (nSPS) is 9.65. The van der Waals surface area contributed by atoms with E-state index in [2.05, 4.69) is 4.98 Å². The number of pyridine rings is 1. The summed E-state index contributed by atoms with van der Waals surface area (Å²) in [5, 5.41) is 8.78. The minimum absolute atomic E-state index is 0.0155. The van der Waals surface area contributed by atoms with Crippen molar-refractivity contribution in [3.05, 3.63) is 47.9 Å². The Morgan fingerprint density at radius 3 is 2.76 bits per heavy atom. The first-order chi connectivity index (χ1) is 8.22. The summed E-state index contributed by atoms with van der Waals surface area (Å²) in [6.45, 7) is 0. The fourth-order valence-electron chi connectivity index (χ4n) is 1.26. The van der Waals surface area contributed by atoms with Crippen LogP contribution in [0.5, 0.6) is 11.6 Å². The molecule has 0 radical (unpaired) electrons. The summed E-state index contributed by atoms with van der Waals surface area (Å²) in [7, 11) is 0. The van der Waals surface area contributed by atoms with Gasteiger partial charge in [0.25, 0.3) is 0 Å². The molecule has 5 heteroatoms. The predicted molar refractivity (Wildman–Crippen MR) is 59.8 cm³/mol. The van der Waals surface area contributed by atoms with E-state index < -0.39 is 5.82 Å². The molecule has 0 amide bonds. The van der Waals surface area contributed by atoms with Crippen LogP contribution in [0.3, 0.4) is 0 Å². The summed E-state index contributed by atoms with van der Waals surface area (Å²) in [6, 6.07) is 9.25. The largest absolute Gasteiger partial charge is 0.434 e. The Balaban J connectivity index is 2.38. The van der Waals surface area contributed by atoms with Crippen LogP contribution in [0.15, 0.2) is 36.5 Å². The van der Waals surface area contributed by atoms with Gasteiger partial charge < -0.3 is 10.5 Å². The number of para-hydroxylation sites is 1. The van der Waals surface area contributed by atoms with E-state index in [1.165, 1.54) is 24.4 Å². The Hall–Kier alpha value is -2.61. The van der Waals surface area contributed by atoms with Gasteiger partial charge in [0, 0.05) is 6.20 Å². The Bertz CT molecular complexity index is 593. The van der Waals surface area contributed by atoms with Crippen LogP contribution in [0.2, 0.25) is 0 Å². The van der Waals surface area contributed by atoms with E-state index in [1.807, 2.05) is 6.07 Å². The molecule has 0 aliphatic carbocycles. The third-order valence-electron chi connectivity index (χ3n) is 2.12. The topological polar surface area (TPSA) is 71.9 Å². The fraction of sp³-hybridized carbons (Fsp3) is 0. The number of aromatic nitrogens is 1. The molecule has 0 saturated heterocycles. The number of benzene rings is 1. The van der Waals surface area contributed by atoms with Crippen molar-refractivity contribution in [2.75, 3.05) is 5.73 Å². The highest BCUT2D eigenvalue weighted by Gasteiger charge is 2.10. The second-order valence-corrected chi connectivity index (χ2v) is 3.22. The standard InChI is InChI=1S/C12H8FN3O/c13-9-3-1-2-4-10(9)17-12-11(15)8(7-14)5-6-16-12/h1-6H,15H2. The summed E-state index contributed by atoms with van der Waals surface area (Å²) in [5.74, 6) is -0.480. The number of hydrogen-bond acceptors (Lipinski definition) is 4. The van der Waals surface area contributed by atoms with Crippen LogP contribution in [0.25, 0.3) is 0 Å². The van der Waals surface area contributed by atoms with Crippen LogP contribution in [-0.4, -0.2) is 4.98 Å². The number of nitriles is 1. The van der Waals surface area contributed by atoms with Crippen molar-refractivity contribution in [3.63, 3.8) is 0 Å². The molecule has 2 N–H and O–H groups in total. The monoisotopic (exact) mass is 229 g/mol. The number of halogens is 1. The maximum Gasteiger partial charge on any atom is 0.244 e. The van der Waals surface area contributed by atoms with Crippen LogP contribution in [0, 0.1) is 17.1 Å². The summed E-state index contributed by atoms with van der Waals surface area (Å²) in [5.41, 5.74) is 6.00. The van der Waals surface area contributed by atoms with Gasteiger partial charge in [-0.2, -0.15) is 5.26 Å². The highest BCUT2D eigenvalue weighted by atomic mass is 19.1. The van der Waals surface area contributed by atoms with E-state index in [9.17, 15) is 4.39 Å². The molecule has 1 heterocycles. The lowest BCUT2D eigenvalue weighted by atomic mass is 10.2. The van der Waals surface area contributed by atoms with Crippen molar-refractivity contribution in [1.82, 2.24) is 4.98 Å². The first-order valence-electron chi connectivity index (χ1n) is 4.79. The summed E-state index contributed by atoms with van der Waals surface area (Å²) < 4.78 is 18.6. The molecule has 17 heavy (non-hydrogen) atoms. The molecular weight excluding hydrogens is 221 g/mol. The van der Waals surface area contributed by atoms with E-state index in [0.717, 1.165) is 0 Å². The summed E-state index contributed by atoms with van der Waals surface area (Å²) in [6.07, 6.45) is 1.38. The quantitative estimate of drug-likeness (QED) is 0.858. The Kier molecular flexibility index (Phi) is 2.88. The molecule has 4 nitrogen and oxygen atoms in total. The molecule has 0 aliphatic rings. The molecule has 0 bridgehead atoms. The van der Waals surface area contributed by atoms with Gasteiger partial charge in [0.1, 0.15) is 11.8 Å². The van der Waals surface area contributed by atoms with Gasteiger partial charge in [-0.05, 0) is 18.2 Å². The molecule has 84 valence electrons. The number of nitrogens with two attached hydrogens (primary N) is 1. The Labute approximate surface area is 97.1 Å². The van der Waals surface area contributed by atoms with Crippen molar-refractivity contribution < 1.29 is 9.13 Å². The van der Waals surface area contributed by atoms with Crippen molar-refractivity contribution in [2.45, 2.75) is 0 Å². The second-order valence-electron chi connectivity index (χ2n) is 3.22. The zero-order valence-electron chi connectivity index (χ0n) is 8.72. The average Bonchev–Trinajstić information content (AvgIpc) is 2.34. The highest BCUT2D eigenvalue weighted by molar-refractivity contribution is 5.60. The van der Waals surface area contributed by atoms with Gasteiger partial charge in [0.05, 0.1) is 5.56 Å². The molecule has 1 aromatic carbocycles. The summed E-state index contributed by atoms with van der Waals surface area (Å²) in [4.78, 5) is 3.86. The second kappa shape index (κ2) is 4.49. The Morgan fingerprint density at radius 2 is 2.06 bits per heavy atom. The lowest BCUT2D eigenvalue weighted by molar-refractivity contribution is 0.429. The zero-order valence-corrected chi connectivity index (χ0v) is 8.72. The van der Waals surface area contributed by atoms with Crippen molar-refractivity contribution >= 4 is 5.69 Å². The Morgan fingerprint density at radius 1 is 1.29 bits per heavy atom. The van der Waals surface area contributed by atoms with Crippen molar-refractivity contribution in [1.29, 1.82) is 5.26 Å². The third kappa shape index (κ3) is 2.16. The molecule has 0 fully saturated rings. The van der Waals surface area contributed by atoms with E-state index in [1.54, 1.807) is 12.1 Å². The van der Waals surface area contributed by atoms with Crippen LogP contribution in [-0.2, 0) is 0 Å². The number of ether oxygens (including phenoxy) is 1. The first kappa shape index (κ1) is 10.9. The predicted octanol–water partition coefficient (Wildman–Crippen LogP) is 2.47. The van der Waals surface area contributed by atoms with E-state index in [0.29, 0.717) is 0 Å². The van der Waals surface area contributed by atoms with Gasteiger partial charge in [-0.1, -0.05) is 12.1 Å². The van der Waals surface area contributed by atoms with Gasteiger partial charge in [-0.25, -0.2) is 9.37 Å². The van der Waals surface area contributed by atoms with Crippen LogP contribution in [0.1, 0.15) is 5.56 Å². The minimum atomic E-state index is -0.518. The smallest absolute Gasteiger partial charge is 0.244 e. The molecular formula is C12H8FN3O. The van der Waals surface area contributed by atoms with Crippen LogP contribution < -0.4 is 10.5 Å². The molecule has 2 aromatic rings. The maximum absolute atomic E-state index is 13.3. The fourth-order valence-corrected chi connectivity index (χ4v) is 1.26. The summed E-state index contributed by atoms with van der Waals surface area (Å²) >= 11 is 0. The zero-order chi connectivity index (χ0) is 12.3. The van der Waals surface area contributed by atoms with Gasteiger partial charge in [-0.15, -0.1) is 0 Å². The molecule has 0 aliphatic heterocycles. The average molecular weight is 229 g/mol. The van der Waals surface area contributed by atoms with E-state index in [4.69, 9.17) is 15.7 Å². The SMILES string of the molecule is N#Cc1ccnc(Oc2ccccc2F)c1N. The third-order valence-corrected chi connectivity index (χ3v) is 2.12. The minimum Gasteiger partial charge on any atom is -0.434 e.